The van der Waals surface area contributed by atoms with Crippen LogP contribution in [0, 0.1) is 0 Å². The zero-order valence-electron chi connectivity index (χ0n) is 16.2. The van der Waals surface area contributed by atoms with Gasteiger partial charge in [0.15, 0.2) is 0 Å². The molecule has 0 heterocycles. The lowest BCUT2D eigenvalue weighted by Gasteiger charge is -2.21. The Morgan fingerprint density at radius 1 is 0.967 bits per heavy atom. The van der Waals surface area contributed by atoms with Crippen molar-refractivity contribution in [1.82, 2.24) is 0 Å². The molecular formula is C23H20ClNO4S. The van der Waals surface area contributed by atoms with E-state index in [4.69, 9.17) is 16.3 Å². The molecule has 0 spiro atoms. The largest absolute Gasteiger partial charge is 0.494 e. The summed E-state index contributed by atoms with van der Waals surface area (Å²) in [4.78, 5) is 13.0. The first kappa shape index (κ1) is 21.6. The summed E-state index contributed by atoms with van der Waals surface area (Å²) in [5.41, 5.74) is 0.935. The SMILES string of the molecule is CCOc1ccc(N(C(=O)/C=C/c2ccc(Cl)cc2)S(=O)(=O)c2ccccc2)cc1. The molecular weight excluding hydrogens is 422 g/mol. The van der Waals surface area contributed by atoms with Gasteiger partial charge in [0.25, 0.3) is 15.9 Å². The molecule has 0 saturated carbocycles. The lowest BCUT2D eigenvalue weighted by Crippen LogP contribution is -2.35. The van der Waals surface area contributed by atoms with Gasteiger partial charge >= 0.3 is 0 Å². The molecule has 0 atom stereocenters. The molecule has 1 amide bonds. The van der Waals surface area contributed by atoms with Gasteiger partial charge in [-0.25, -0.2) is 8.42 Å². The van der Waals surface area contributed by atoms with Crippen LogP contribution in [0.2, 0.25) is 5.02 Å². The first-order chi connectivity index (χ1) is 14.4. The van der Waals surface area contributed by atoms with Crippen molar-refractivity contribution in [3.8, 4) is 5.75 Å². The second kappa shape index (κ2) is 9.61. The molecule has 0 aromatic heterocycles. The Labute approximate surface area is 181 Å². The summed E-state index contributed by atoms with van der Waals surface area (Å²) in [6.45, 7) is 2.33. The number of amides is 1. The highest BCUT2D eigenvalue weighted by Gasteiger charge is 2.29. The molecule has 3 aromatic carbocycles. The molecule has 0 aliphatic rings. The van der Waals surface area contributed by atoms with Crippen LogP contribution in [0.1, 0.15) is 12.5 Å². The van der Waals surface area contributed by atoms with E-state index in [1.807, 2.05) is 6.92 Å². The topological polar surface area (TPSA) is 63.7 Å². The first-order valence-corrected chi connectivity index (χ1v) is 11.0. The van der Waals surface area contributed by atoms with E-state index in [0.717, 1.165) is 9.87 Å². The summed E-state index contributed by atoms with van der Waals surface area (Å²) in [5, 5.41) is 0.571. The van der Waals surface area contributed by atoms with Crippen molar-refractivity contribution in [2.75, 3.05) is 10.9 Å². The summed E-state index contributed by atoms with van der Waals surface area (Å²) in [5.74, 6) is -0.111. The number of sulfonamides is 1. The van der Waals surface area contributed by atoms with Crippen LogP contribution in [0.15, 0.2) is 89.8 Å². The average Bonchev–Trinajstić information content (AvgIpc) is 2.75. The van der Waals surface area contributed by atoms with Gasteiger partial charge in [0.05, 0.1) is 17.2 Å². The average molecular weight is 442 g/mol. The smallest absolute Gasteiger partial charge is 0.271 e. The molecule has 3 aromatic rings. The van der Waals surface area contributed by atoms with Crippen molar-refractivity contribution in [2.45, 2.75) is 11.8 Å². The van der Waals surface area contributed by atoms with Crippen molar-refractivity contribution in [3.05, 3.63) is 95.5 Å². The monoisotopic (exact) mass is 441 g/mol. The first-order valence-electron chi connectivity index (χ1n) is 9.22. The highest BCUT2D eigenvalue weighted by molar-refractivity contribution is 7.93. The zero-order valence-corrected chi connectivity index (χ0v) is 17.8. The highest BCUT2D eigenvalue weighted by Crippen LogP contribution is 2.26. The Kier molecular flexibility index (Phi) is 6.92. The Morgan fingerprint density at radius 3 is 2.20 bits per heavy atom. The van der Waals surface area contributed by atoms with E-state index in [2.05, 4.69) is 0 Å². The molecule has 0 N–H and O–H groups in total. The van der Waals surface area contributed by atoms with Gasteiger partial charge in [0.1, 0.15) is 5.75 Å². The van der Waals surface area contributed by atoms with Crippen LogP contribution in [0.4, 0.5) is 5.69 Å². The molecule has 0 aliphatic carbocycles. The molecule has 0 unspecified atom stereocenters. The second-order valence-electron chi connectivity index (χ2n) is 6.23. The van der Waals surface area contributed by atoms with E-state index >= 15 is 0 Å². The van der Waals surface area contributed by atoms with Crippen LogP contribution in [0.3, 0.4) is 0 Å². The van der Waals surface area contributed by atoms with E-state index in [-0.39, 0.29) is 10.6 Å². The number of anilines is 1. The molecule has 0 bridgehead atoms. The molecule has 30 heavy (non-hydrogen) atoms. The molecule has 5 nitrogen and oxygen atoms in total. The maximum absolute atomic E-state index is 13.3. The fourth-order valence-electron chi connectivity index (χ4n) is 2.74. The quantitative estimate of drug-likeness (QED) is 0.474. The number of carbonyl (C=O) groups is 1. The number of hydrogen-bond donors (Lipinski definition) is 0. The summed E-state index contributed by atoms with van der Waals surface area (Å²) in [6.07, 6.45) is 2.76. The Balaban J connectivity index is 2.00. The molecule has 0 radical (unpaired) electrons. The maximum Gasteiger partial charge on any atom is 0.271 e. The van der Waals surface area contributed by atoms with Gasteiger partial charge in [-0.15, -0.1) is 0 Å². The van der Waals surface area contributed by atoms with Gasteiger partial charge in [0, 0.05) is 11.1 Å². The number of hydrogen-bond acceptors (Lipinski definition) is 4. The summed E-state index contributed by atoms with van der Waals surface area (Å²) in [7, 11) is -4.12. The molecule has 3 rings (SSSR count). The minimum atomic E-state index is -4.12. The summed E-state index contributed by atoms with van der Waals surface area (Å²) in [6, 6.07) is 21.0. The predicted molar refractivity (Wildman–Crippen MR) is 119 cm³/mol. The maximum atomic E-state index is 13.3. The van der Waals surface area contributed by atoms with Crippen molar-refractivity contribution in [1.29, 1.82) is 0 Å². The Morgan fingerprint density at radius 2 is 1.60 bits per heavy atom. The Hall–Kier alpha value is -3.09. The highest BCUT2D eigenvalue weighted by atomic mass is 35.5. The Bertz CT molecular complexity index is 1130. The van der Waals surface area contributed by atoms with E-state index < -0.39 is 15.9 Å². The third-order valence-electron chi connectivity index (χ3n) is 4.15. The van der Waals surface area contributed by atoms with Gasteiger partial charge in [-0.1, -0.05) is 41.9 Å². The van der Waals surface area contributed by atoms with Gasteiger partial charge in [0.2, 0.25) is 0 Å². The van der Waals surface area contributed by atoms with Gasteiger partial charge < -0.3 is 4.74 Å². The van der Waals surface area contributed by atoms with Crippen molar-refractivity contribution >= 4 is 39.3 Å². The molecule has 0 aliphatic heterocycles. The summed E-state index contributed by atoms with van der Waals surface area (Å²) >= 11 is 5.88. The van der Waals surface area contributed by atoms with Gasteiger partial charge in [-0.05, 0) is 67.1 Å². The van der Waals surface area contributed by atoms with E-state index in [9.17, 15) is 13.2 Å². The predicted octanol–water partition coefficient (Wildman–Crippen LogP) is 5.17. The van der Waals surface area contributed by atoms with E-state index in [1.54, 1.807) is 72.8 Å². The molecule has 0 saturated heterocycles. The van der Waals surface area contributed by atoms with Crippen molar-refractivity contribution < 1.29 is 17.9 Å². The van der Waals surface area contributed by atoms with Crippen molar-refractivity contribution in [2.24, 2.45) is 0 Å². The number of carbonyl (C=O) groups excluding carboxylic acids is 1. The van der Waals surface area contributed by atoms with Gasteiger partial charge in [-0.2, -0.15) is 4.31 Å². The second-order valence-corrected chi connectivity index (χ2v) is 8.46. The third-order valence-corrected chi connectivity index (χ3v) is 6.14. The van der Waals surface area contributed by atoms with Crippen LogP contribution in [-0.4, -0.2) is 20.9 Å². The van der Waals surface area contributed by atoms with Gasteiger partial charge in [-0.3, -0.25) is 4.79 Å². The number of benzene rings is 3. The molecule has 7 heteroatoms. The van der Waals surface area contributed by atoms with Crippen LogP contribution >= 0.6 is 11.6 Å². The van der Waals surface area contributed by atoms with E-state index in [1.165, 1.54) is 18.2 Å². The van der Waals surface area contributed by atoms with Crippen LogP contribution < -0.4 is 9.04 Å². The van der Waals surface area contributed by atoms with Crippen LogP contribution in [0.5, 0.6) is 5.75 Å². The lowest BCUT2D eigenvalue weighted by atomic mass is 10.2. The normalized spacial score (nSPS) is 11.4. The molecule has 0 fully saturated rings. The lowest BCUT2D eigenvalue weighted by molar-refractivity contribution is -0.113. The van der Waals surface area contributed by atoms with Crippen LogP contribution in [-0.2, 0) is 14.8 Å². The number of ether oxygens (including phenoxy) is 1. The van der Waals surface area contributed by atoms with Crippen LogP contribution in [0.25, 0.3) is 6.08 Å². The minimum Gasteiger partial charge on any atom is -0.494 e. The third kappa shape index (κ3) is 5.09. The molecule has 154 valence electrons. The zero-order chi connectivity index (χ0) is 21.6. The minimum absolute atomic E-state index is 0.0205. The van der Waals surface area contributed by atoms with E-state index in [0.29, 0.717) is 17.4 Å². The number of halogens is 1. The summed E-state index contributed by atoms with van der Waals surface area (Å²) < 4.78 is 32.7. The van der Waals surface area contributed by atoms with Crippen molar-refractivity contribution in [3.63, 3.8) is 0 Å². The number of nitrogens with zero attached hydrogens (tertiary/aromatic N) is 1. The fourth-order valence-corrected chi connectivity index (χ4v) is 4.27. The number of rotatable bonds is 7. The standard InChI is InChI=1S/C23H20ClNO4S/c1-2-29-21-15-13-20(14-16-21)25(30(27,28)22-6-4-3-5-7-22)23(26)17-10-18-8-11-19(24)12-9-18/h3-17H,2H2,1H3/b17-10+. The fraction of sp³-hybridized carbons (Fsp3) is 0.0870.